The number of nitrogens with one attached hydrogen (secondary N) is 1. The summed E-state index contributed by atoms with van der Waals surface area (Å²) in [6, 6.07) is 5.64. The van der Waals surface area contributed by atoms with E-state index in [1.165, 1.54) is 0 Å². The van der Waals surface area contributed by atoms with Crippen molar-refractivity contribution < 1.29 is 9.53 Å². The largest absolute Gasteiger partial charge is 0.483 e. The quantitative estimate of drug-likeness (QED) is 0.839. The van der Waals surface area contributed by atoms with Gasteiger partial charge in [-0.05, 0) is 24.7 Å². The van der Waals surface area contributed by atoms with Gasteiger partial charge >= 0.3 is 0 Å². The van der Waals surface area contributed by atoms with Crippen LogP contribution in [0.1, 0.15) is 12.5 Å². The van der Waals surface area contributed by atoms with Gasteiger partial charge in [0.25, 0.3) is 5.91 Å². The van der Waals surface area contributed by atoms with Crippen LogP contribution in [-0.2, 0) is 11.3 Å². The number of hydrogen-bond donors (Lipinski definition) is 2. The lowest BCUT2D eigenvalue weighted by Gasteiger charge is -2.11. The van der Waals surface area contributed by atoms with E-state index < -0.39 is 5.91 Å². The standard InChI is InChI=1S/C11H15BrN2O2.ClH/c1-2-14-6-8-5-9(12)3-4-10(8)16-7-11(13)15;/h3-5,14H,2,6-7H2,1H3,(H2,13,15);1H. The van der Waals surface area contributed by atoms with Gasteiger partial charge in [0.1, 0.15) is 5.75 Å². The topological polar surface area (TPSA) is 64.3 Å². The van der Waals surface area contributed by atoms with E-state index in [2.05, 4.69) is 21.2 Å². The first-order valence-electron chi connectivity index (χ1n) is 5.03. The van der Waals surface area contributed by atoms with E-state index in [0.29, 0.717) is 12.3 Å². The number of halogens is 2. The summed E-state index contributed by atoms with van der Waals surface area (Å²) in [4.78, 5) is 10.6. The molecule has 4 nitrogen and oxygen atoms in total. The maximum atomic E-state index is 10.6. The van der Waals surface area contributed by atoms with Crippen molar-refractivity contribution >= 4 is 34.2 Å². The van der Waals surface area contributed by atoms with Gasteiger partial charge in [-0.2, -0.15) is 0 Å². The van der Waals surface area contributed by atoms with E-state index in [4.69, 9.17) is 10.5 Å². The predicted octanol–water partition coefficient (Wildman–Crippen LogP) is 1.84. The first kappa shape index (κ1) is 16.2. The van der Waals surface area contributed by atoms with Crippen molar-refractivity contribution in [1.82, 2.24) is 5.32 Å². The summed E-state index contributed by atoms with van der Waals surface area (Å²) in [5, 5.41) is 3.20. The molecule has 0 atom stereocenters. The summed E-state index contributed by atoms with van der Waals surface area (Å²) in [6.07, 6.45) is 0. The smallest absolute Gasteiger partial charge is 0.255 e. The lowest BCUT2D eigenvalue weighted by Crippen LogP contribution is -2.21. The number of nitrogens with two attached hydrogens (primary N) is 1. The molecule has 0 bridgehead atoms. The lowest BCUT2D eigenvalue weighted by atomic mass is 10.2. The number of hydrogen-bond acceptors (Lipinski definition) is 3. The van der Waals surface area contributed by atoms with Crippen molar-refractivity contribution in [3.63, 3.8) is 0 Å². The SMILES string of the molecule is CCNCc1cc(Br)ccc1OCC(N)=O.Cl. The fraction of sp³-hybridized carbons (Fsp3) is 0.364. The van der Waals surface area contributed by atoms with Crippen molar-refractivity contribution in [2.75, 3.05) is 13.2 Å². The molecular weight excluding hydrogens is 307 g/mol. The molecule has 1 aromatic carbocycles. The van der Waals surface area contributed by atoms with Crippen LogP contribution in [-0.4, -0.2) is 19.1 Å². The molecule has 0 aliphatic heterocycles. The highest BCUT2D eigenvalue weighted by molar-refractivity contribution is 9.10. The molecule has 0 spiro atoms. The number of primary amides is 1. The van der Waals surface area contributed by atoms with Gasteiger partial charge in [0.15, 0.2) is 6.61 Å². The Kier molecular flexibility index (Phi) is 7.95. The second kappa shape index (κ2) is 8.33. The summed E-state index contributed by atoms with van der Waals surface area (Å²) >= 11 is 3.39. The van der Waals surface area contributed by atoms with Crippen LogP contribution in [0.25, 0.3) is 0 Å². The average molecular weight is 324 g/mol. The summed E-state index contributed by atoms with van der Waals surface area (Å²) in [7, 11) is 0. The molecule has 17 heavy (non-hydrogen) atoms. The highest BCUT2D eigenvalue weighted by atomic mass is 79.9. The first-order valence-corrected chi connectivity index (χ1v) is 5.83. The van der Waals surface area contributed by atoms with Crippen LogP contribution in [0, 0.1) is 0 Å². The molecule has 0 aromatic heterocycles. The number of benzene rings is 1. The van der Waals surface area contributed by atoms with Crippen molar-refractivity contribution in [1.29, 1.82) is 0 Å². The minimum absolute atomic E-state index is 0. The molecule has 1 aromatic rings. The predicted molar refractivity (Wildman–Crippen MR) is 73.5 cm³/mol. The number of amides is 1. The zero-order valence-corrected chi connectivity index (χ0v) is 11.9. The van der Waals surface area contributed by atoms with Gasteiger partial charge < -0.3 is 15.8 Å². The summed E-state index contributed by atoms with van der Waals surface area (Å²) < 4.78 is 6.29. The fourth-order valence-electron chi connectivity index (χ4n) is 1.24. The molecule has 1 rings (SSSR count). The van der Waals surface area contributed by atoms with Crippen molar-refractivity contribution in [3.8, 4) is 5.75 Å². The van der Waals surface area contributed by atoms with Crippen LogP contribution in [0.15, 0.2) is 22.7 Å². The van der Waals surface area contributed by atoms with Crippen LogP contribution in [0.5, 0.6) is 5.75 Å². The average Bonchev–Trinajstić information content (AvgIpc) is 2.24. The van der Waals surface area contributed by atoms with E-state index in [9.17, 15) is 4.79 Å². The Morgan fingerprint density at radius 3 is 2.82 bits per heavy atom. The van der Waals surface area contributed by atoms with Crippen LogP contribution in [0.3, 0.4) is 0 Å². The molecule has 0 aliphatic carbocycles. The maximum absolute atomic E-state index is 10.6. The monoisotopic (exact) mass is 322 g/mol. The maximum Gasteiger partial charge on any atom is 0.255 e. The van der Waals surface area contributed by atoms with Crippen molar-refractivity contribution in [3.05, 3.63) is 28.2 Å². The lowest BCUT2D eigenvalue weighted by molar-refractivity contribution is -0.119. The molecule has 0 radical (unpaired) electrons. The zero-order chi connectivity index (χ0) is 12.0. The Bertz CT molecular complexity index is 374. The third kappa shape index (κ3) is 5.91. The van der Waals surface area contributed by atoms with E-state index in [-0.39, 0.29) is 19.0 Å². The van der Waals surface area contributed by atoms with Crippen LogP contribution in [0.4, 0.5) is 0 Å². The first-order chi connectivity index (χ1) is 7.63. The van der Waals surface area contributed by atoms with E-state index >= 15 is 0 Å². The Morgan fingerprint density at radius 2 is 2.24 bits per heavy atom. The Hall–Kier alpha value is -0.780. The van der Waals surface area contributed by atoms with Gasteiger partial charge in [-0.1, -0.05) is 22.9 Å². The minimum Gasteiger partial charge on any atom is -0.483 e. The second-order valence-corrected chi connectivity index (χ2v) is 4.20. The normalized spacial score (nSPS) is 9.53. The Balaban J connectivity index is 0.00000256. The fourth-order valence-corrected chi connectivity index (χ4v) is 1.64. The second-order valence-electron chi connectivity index (χ2n) is 3.29. The van der Waals surface area contributed by atoms with E-state index in [1.807, 2.05) is 25.1 Å². The molecule has 0 saturated carbocycles. The third-order valence-electron chi connectivity index (χ3n) is 1.96. The van der Waals surface area contributed by atoms with Crippen molar-refractivity contribution in [2.24, 2.45) is 5.73 Å². The molecule has 1 amide bonds. The van der Waals surface area contributed by atoms with Crippen LogP contribution >= 0.6 is 28.3 Å². The molecule has 0 fully saturated rings. The Labute approximate surface area is 115 Å². The molecule has 3 N–H and O–H groups in total. The van der Waals surface area contributed by atoms with Crippen LogP contribution < -0.4 is 15.8 Å². The molecule has 0 saturated heterocycles. The molecular formula is C11H16BrClN2O2. The molecule has 96 valence electrons. The van der Waals surface area contributed by atoms with Crippen LogP contribution in [0.2, 0.25) is 0 Å². The summed E-state index contributed by atoms with van der Waals surface area (Å²) in [6.45, 7) is 3.51. The van der Waals surface area contributed by atoms with Gasteiger partial charge in [0.2, 0.25) is 0 Å². The molecule has 0 heterocycles. The van der Waals surface area contributed by atoms with Gasteiger partial charge in [0, 0.05) is 16.6 Å². The highest BCUT2D eigenvalue weighted by Gasteiger charge is 2.05. The van der Waals surface area contributed by atoms with Gasteiger partial charge in [-0.25, -0.2) is 0 Å². The zero-order valence-electron chi connectivity index (χ0n) is 9.53. The van der Waals surface area contributed by atoms with E-state index in [0.717, 1.165) is 16.6 Å². The number of rotatable bonds is 6. The molecule has 0 unspecified atom stereocenters. The number of carbonyl (C=O) groups is 1. The van der Waals surface area contributed by atoms with Gasteiger partial charge in [-0.3, -0.25) is 4.79 Å². The van der Waals surface area contributed by atoms with Gasteiger partial charge in [-0.15, -0.1) is 12.4 Å². The summed E-state index contributed by atoms with van der Waals surface area (Å²) in [5.41, 5.74) is 6.03. The van der Waals surface area contributed by atoms with E-state index in [1.54, 1.807) is 0 Å². The highest BCUT2D eigenvalue weighted by Crippen LogP contribution is 2.23. The number of carbonyl (C=O) groups excluding carboxylic acids is 1. The van der Waals surface area contributed by atoms with Gasteiger partial charge in [0.05, 0.1) is 0 Å². The molecule has 0 aliphatic rings. The minimum atomic E-state index is -0.475. The third-order valence-corrected chi connectivity index (χ3v) is 2.45. The van der Waals surface area contributed by atoms with Crippen molar-refractivity contribution in [2.45, 2.75) is 13.5 Å². The Morgan fingerprint density at radius 1 is 1.53 bits per heavy atom. The number of ether oxygens (including phenoxy) is 1. The molecule has 6 heteroatoms. The summed E-state index contributed by atoms with van der Waals surface area (Å²) in [5.74, 6) is 0.209.